The molecule has 122 valence electrons. The first-order chi connectivity index (χ1) is 10.7. The second kappa shape index (κ2) is 6.51. The smallest absolute Gasteiger partial charge is 0.326 e. The first kappa shape index (κ1) is 16.5. The van der Waals surface area contributed by atoms with E-state index in [2.05, 4.69) is 15.7 Å². The number of alkyl halides is 3. The second-order valence-corrected chi connectivity index (χ2v) is 4.71. The summed E-state index contributed by atoms with van der Waals surface area (Å²) in [5.41, 5.74) is -0.156. The number of amides is 2. The molecule has 0 saturated carbocycles. The summed E-state index contributed by atoms with van der Waals surface area (Å²) in [5, 5.41) is 8.37. The number of aromatic nitrogens is 2. The minimum Gasteiger partial charge on any atom is -0.326 e. The highest BCUT2D eigenvalue weighted by molar-refractivity contribution is 5.93. The zero-order valence-electron chi connectivity index (χ0n) is 12.0. The molecule has 0 spiro atoms. The molecule has 0 aliphatic carbocycles. The van der Waals surface area contributed by atoms with Crippen molar-refractivity contribution in [1.29, 1.82) is 0 Å². The number of carbonyl (C=O) groups excluding carboxylic acids is 2. The minimum atomic E-state index is -4.55. The maximum absolute atomic E-state index is 12.4. The Morgan fingerprint density at radius 3 is 2.39 bits per heavy atom. The van der Waals surface area contributed by atoms with Gasteiger partial charge in [-0.15, -0.1) is 0 Å². The van der Waals surface area contributed by atoms with Crippen LogP contribution in [0.15, 0.2) is 36.5 Å². The molecule has 0 unspecified atom stereocenters. The van der Waals surface area contributed by atoms with E-state index in [4.69, 9.17) is 0 Å². The topological polar surface area (TPSA) is 76.0 Å². The molecule has 9 heteroatoms. The molecule has 0 atom stereocenters. The third-order valence-corrected chi connectivity index (χ3v) is 2.70. The van der Waals surface area contributed by atoms with Crippen molar-refractivity contribution in [2.45, 2.75) is 19.6 Å². The summed E-state index contributed by atoms with van der Waals surface area (Å²) in [6.07, 6.45) is -3.47. The number of nitrogens with zero attached hydrogens (tertiary/aromatic N) is 2. The van der Waals surface area contributed by atoms with E-state index in [1.165, 1.54) is 13.0 Å². The number of benzene rings is 1. The highest BCUT2D eigenvalue weighted by Gasteiger charge is 2.33. The maximum atomic E-state index is 12.4. The Bertz CT molecular complexity index is 725. The first-order valence-corrected chi connectivity index (χ1v) is 6.52. The Hall–Kier alpha value is -2.84. The van der Waals surface area contributed by atoms with Gasteiger partial charge in [-0.05, 0) is 24.3 Å². The second-order valence-electron chi connectivity index (χ2n) is 4.71. The van der Waals surface area contributed by atoms with Crippen LogP contribution in [0.5, 0.6) is 0 Å². The zero-order valence-corrected chi connectivity index (χ0v) is 12.0. The van der Waals surface area contributed by atoms with Crippen molar-refractivity contribution < 1.29 is 22.8 Å². The van der Waals surface area contributed by atoms with Gasteiger partial charge in [0.2, 0.25) is 11.8 Å². The van der Waals surface area contributed by atoms with Gasteiger partial charge in [0.05, 0.1) is 0 Å². The average Bonchev–Trinajstić information content (AvgIpc) is 2.86. The molecule has 2 aromatic rings. The molecule has 1 heterocycles. The van der Waals surface area contributed by atoms with Crippen molar-refractivity contribution in [2.75, 3.05) is 10.6 Å². The number of nitrogens with one attached hydrogen (secondary N) is 2. The van der Waals surface area contributed by atoms with E-state index in [1.54, 1.807) is 18.2 Å². The van der Waals surface area contributed by atoms with Crippen molar-refractivity contribution >= 4 is 23.2 Å². The average molecular weight is 326 g/mol. The molecular weight excluding hydrogens is 313 g/mol. The lowest BCUT2D eigenvalue weighted by Gasteiger charge is -2.08. The molecule has 0 bridgehead atoms. The molecule has 0 aliphatic rings. The van der Waals surface area contributed by atoms with Crippen LogP contribution >= 0.6 is 0 Å². The summed E-state index contributed by atoms with van der Waals surface area (Å²) in [4.78, 5) is 22.8. The SMILES string of the molecule is CC(=O)Nc1cccc(NC(=O)Cn2ccc(C(F)(F)F)n2)c1. The lowest BCUT2D eigenvalue weighted by molar-refractivity contribution is -0.141. The number of hydrogen-bond acceptors (Lipinski definition) is 3. The van der Waals surface area contributed by atoms with Gasteiger partial charge in [-0.1, -0.05) is 6.07 Å². The molecule has 0 radical (unpaired) electrons. The lowest BCUT2D eigenvalue weighted by atomic mass is 10.2. The number of halogens is 3. The van der Waals surface area contributed by atoms with Gasteiger partial charge in [0, 0.05) is 24.5 Å². The van der Waals surface area contributed by atoms with Gasteiger partial charge in [0.1, 0.15) is 6.54 Å². The van der Waals surface area contributed by atoms with Crippen LogP contribution < -0.4 is 10.6 Å². The molecule has 2 rings (SSSR count). The third kappa shape index (κ3) is 4.83. The van der Waals surface area contributed by atoms with Crippen molar-refractivity contribution in [3.63, 3.8) is 0 Å². The Morgan fingerprint density at radius 1 is 1.17 bits per heavy atom. The van der Waals surface area contributed by atoms with Crippen LogP contribution in [0.3, 0.4) is 0 Å². The molecule has 0 fully saturated rings. The van der Waals surface area contributed by atoms with Crippen LogP contribution in [0.1, 0.15) is 12.6 Å². The maximum Gasteiger partial charge on any atom is 0.435 e. The Balaban J connectivity index is 1.99. The van der Waals surface area contributed by atoms with Gasteiger partial charge in [0.25, 0.3) is 0 Å². The molecule has 2 amide bonds. The molecule has 6 nitrogen and oxygen atoms in total. The van der Waals surface area contributed by atoms with Crippen molar-refractivity contribution in [3.8, 4) is 0 Å². The number of carbonyl (C=O) groups is 2. The first-order valence-electron chi connectivity index (χ1n) is 6.52. The van der Waals surface area contributed by atoms with Gasteiger partial charge >= 0.3 is 6.18 Å². The lowest BCUT2D eigenvalue weighted by Crippen LogP contribution is -2.20. The Kier molecular flexibility index (Phi) is 4.68. The summed E-state index contributed by atoms with van der Waals surface area (Å²) in [6, 6.07) is 7.18. The van der Waals surface area contributed by atoms with E-state index in [-0.39, 0.29) is 12.5 Å². The number of anilines is 2. The van der Waals surface area contributed by atoms with E-state index >= 15 is 0 Å². The molecule has 1 aromatic heterocycles. The standard InChI is InChI=1S/C14H13F3N4O2/c1-9(22)18-10-3-2-4-11(7-10)19-13(23)8-21-6-5-12(20-21)14(15,16)17/h2-7H,8H2,1H3,(H,18,22)(H,19,23). The van der Waals surface area contributed by atoms with Gasteiger partial charge in [0.15, 0.2) is 5.69 Å². The van der Waals surface area contributed by atoms with Crippen molar-refractivity contribution in [2.24, 2.45) is 0 Å². The highest BCUT2D eigenvalue weighted by atomic mass is 19.4. The van der Waals surface area contributed by atoms with Crippen LogP contribution in [0, 0.1) is 0 Å². The molecule has 1 aromatic carbocycles. The predicted octanol–water partition coefficient (Wildman–Crippen LogP) is 2.50. The molecule has 0 saturated heterocycles. The van der Waals surface area contributed by atoms with Gasteiger partial charge < -0.3 is 10.6 Å². The Labute approximate surface area is 129 Å². The van der Waals surface area contributed by atoms with Crippen LogP contribution in [0.2, 0.25) is 0 Å². The fourth-order valence-corrected chi connectivity index (χ4v) is 1.83. The monoisotopic (exact) mass is 326 g/mol. The van der Waals surface area contributed by atoms with Gasteiger partial charge in [-0.3, -0.25) is 14.3 Å². The van der Waals surface area contributed by atoms with E-state index in [0.29, 0.717) is 11.4 Å². The summed E-state index contributed by atoms with van der Waals surface area (Å²) in [6.45, 7) is 0.988. The summed E-state index contributed by atoms with van der Waals surface area (Å²) in [5.74, 6) is -0.800. The number of rotatable bonds is 4. The van der Waals surface area contributed by atoms with Gasteiger partial charge in [-0.2, -0.15) is 18.3 Å². The van der Waals surface area contributed by atoms with Crippen LogP contribution in [0.25, 0.3) is 0 Å². The fourth-order valence-electron chi connectivity index (χ4n) is 1.83. The van der Waals surface area contributed by atoms with Crippen molar-refractivity contribution in [3.05, 3.63) is 42.2 Å². The minimum absolute atomic E-state index is 0.260. The molecule has 0 aliphatic heterocycles. The predicted molar refractivity (Wildman–Crippen MR) is 76.6 cm³/mol. The van der Waals surface area contributed by atoms with Crippen LogP contribution in [0.4, 0.5) is 24.5 Å². The molecule has 2 N–H and O–H groups in total. The zero-order chi connectivity index (χ0) is 17.0. The van der Waals surface area contributed by atoms with E-state index < -0.39 is 17.8 Å². The summed E-state index contributed by atoms with van der Waals surface area (Å²) >= 11 is 0. The van der Waals surface area contributed by atoms with E-state index in [1.807, 2.05) is 0 Å². The largest absolute Gasteiger partial charge is 0.435 e. The van der Waals surface area contributed by atoms with Crippen LogP contribution in [-0.2, 0) is 22.3 Å². The summed E-state index contributed by atoms with van der Waals surface area (Å²) in [7, 11) is 0. The highest BCUT2D eigenvalue weighted by Crippen LogP contribution is 2.27. The Morgan fingerprint density at radius 2 is 1.83 bits per heavy atom. The third-order valence-electron chi connectivity index (χ3n) is 2.70. The quantitative estimate of drug-likeness (QED) is 0.906. The summed E-state index contributed by atoms with van der Waals surface area (Å²) < 4.78 is 38.2. The normalized spacial score (nSPS) is 11.1. The van der Waals surface area contributed by atoms with E-state index in [0.717, 1.165) is 16.9 Å². The number of hydrogen-bond donors (Lipinski definition) is 2. The molecular formula is C14H13F3N4O2. The fraction of sp³-hybridized carbons (Fsp3) is 0.214. The molecule has 23 heavy (non-hydrogen) atoms. The van der Waals surface area contributed by atoms with Crippen molar-refractivity contribution in [1.82, 2.24) is 9.78 Å². The van der Waals surface area contributed by atoms with E-state index in [9.17, 15) is 22.8 Å². The van der Waals surface area contributed by atoms with Gasteiger partial charge in [-0.25, -0.2) is 0 Å². The van der Waals surface area contributed by atoms with Crippen LogP contribution in [-0.4, -0.2) is 21.6 Å².